The van der Waals surface area contributed by atoms with Crippen LogP contribution in [0.15, 0.2) is 24.5 Å². The van der Waals surface area contributed by atoms with E-state index >= 15 is 0 Å². The van der Waals surface area contributed by atoms with E-state index in [2.05, 4.69) is 9.97 Å². The Morgan fingerprint density at radius 1 is 1.16 bits per heavy atom. The Morgan fingerprint density at radius 2 is 1.84 bits per heavy atom. The van der Waals surface area contributed by atoms with E-state index in [1.165, 1.54) is 6.33 Å². The number of hydrogen-bond acceptors (Lipinski definition) is 9. The monoisotopic (exact) mass is 553 g/mol. The number of amides is 1. The molecule has 0 spiro atoms. The number of carbonyl (C=O) groups excluding carboxylic acids is 1. The predicted octanol–water partition coefficient (Wildman–Crippen LogP) is 4.79. The highest BCUT2D eigenvalue weighted by molar-refractivity contribution is 7.75. The van der Waals surface area contributed by atoms with E-state index in [4.69, 9.17) is 34.2 Å². The summed E-state index contributed by atoms with van der Waals surface area (Å²) in [6.45, 7) is 9.22. The molecule has 37 heavy (non-hydrogen) atoms. The fraction of sp³-hybridized carbons (Fsp3) is 0.560. The second-order valence-electron chi connectivity index (χ2n) is 10.1. The number of aromatic nitrogens is 2. The molecule has 12 heteroatoms. The molecule has 0 N–H and O–H groups in total. The van der Waals surface area contributed by atoms with Crippen molar-refractivity contribution in [2.45, 2.75) is 58.7 Å². The number of hydrogen-bond donors (Lipinski definition) is 0. The van der Waals surface area contributed by atoms with E-state index in [1.807, 2.05) is 39.8 Å². The number of nitrogens with zero attached hydrogens (tertiary/aromatic N) is 3. The first-order valence-corrected chi connectivity index (χ1v) is 13.6. The Labute approximate surface area is 224 Å². The molecule has 0 aliphatic carbocycles. The van der Waals surface area contributed by atoms with E-state index in [9.17, 15) is 9.00 Å². The fourth-order valence-electron chi connectivity index (χ4n) is 3.98. The molecule has 202 valence electrons. The number of halogens is 1. The first-order chi connectivity index (χ1) is 17.6. The van der Waals surface area contributed by atoms with Crippen molar-refractivity contribution in [1.29, 1.82) is 0 Å². The van der Waals surface area contributed by atoms with Gasteiger partial charge in [0.2, 0.25) is 11.8 Å². The summed E-state index contributed by atoms with van der Waals surface area (Å²) in [5.41, 5.74) is 1.12. The Morgan fingerprint density at radius 3 is 2.49 bits per heavy atom. The van der Waals surface area contributed by atoms with Gasteiger partial charge in [0.05, 0.1) is 23.8 Å². The molecule has 0 saturated carbocycles. The van der Waals surface area contributed by atoms with Crippen molar-refractivity contribution in [3.8, 4) is 17.5 Å². The Bertz CT molecular complexity index is 1130. The number of benzene rings is 1. The molecule has 2 aliphatic rings. The molecule has 0 unspecified atom stereocenters. The molecule has 2 fully saturated rings. The molecular formula is C25H32ClN3O7S. The molecule has 1 aromatic heterocycles. The number of ether oxygens (including phenoxy) is 3. The van der Waals surface area contributed by atoms with Gasteiger partial charge in [0.1, 0.15) is 23.8 Å². The van der Waals surface area contributed by atoms with Crippen LogP contribution < -0.4 is 9.47 Å². The van der Waals surface area contributed by atoms with Crippen molar-refractivity contribution in [2.75, 3.05) is 26.3 Å². The van der Waals surface area contributed by atoms with E-state index in [0.717, 1.165) is 5.56 Å². The number of carbonyl (C=O) groups is 1. The summed E-state index contributed by atoms with van der Waals surface area (Å²) in [5.74, 6) is 1.34. The third-order valence-corrected chi connectivity index (χ3v) is 6.84. The van der Waals surface area contributed by atoms with Crippen molar-refractivity contribution in [3.63, 3.8) is 0 Å². The Hall–Kier alpha value is -2.47. The smallest absolute Gasteiger partial charge is 0.410 e. The molecule has 10 nitrogen and oxygen atoms in total. The van der Waals surface area contributed by atoms with Gasteiger partial charge in [-0.1, -0.05) is 17.7 Å². The maximum absolute atomic E-state index is 12.3. The van der Waals surface area contributed by atoms with Gasteiger partial charge in [0.15, 0.2) is 0 Å². The van der Waals surface area contributed by atoms with Crippen LogP contribution in [0.4, 0.5) is 4.79 Å². The summed E-state index contributed by atoms with van der Waals surface area (Å²) < 4.78 is 38.9. The van der Waals surface area contributed by atoms with E-state index in [0.29, 0.717) is 73.7 Å². The van der Waals surface area contributed by atoms with Gasteiger partial charge in [0, 0.05) is 31.8 Å². The number of piperidine rings is 1. The van der Waals surface area contributed by atoms with Crippen LogP contribution in [0.3, 0.4) is 0 Å². The standard InChI is InChI=1S/C25H32ClN3O7S/c1-16-22(34-19-7-9-29(10-8-19)24(30)36-25(2,3)4)27-15-28-23(16)35-21-6-5-17(12-20(21)26)11-18-13-32-37(31)33-14-18/h5-6,12,15,18-19H,7-11,13-14H2,1-4H3/t18-,37-. The minimum atomic E-state index is -1.65. The molecule has 3 heterocycles. The average molecular weight is 554 g/mol. The highest BCUT2D eigenvalue weighted by atomic mass is 35.5. The first kappa shape index (κ1) is 27.6. The van der Waals surface area contributed by atoms with Gasteiger partial charge >= 0.3 is 17.5 Å². The summed E-state index contributed by atoms with van der Waals surface area (Å²) in [7, 11) is 0. The van der Waals surface area contributed by atoms with Gasteiger partial charge in [-0.25, -0.2) is 14.8 Å². The van der Waals surface area contributed by atoms with Crippen molar-refractivity contribution in [2.24, 2.45) is 5.92 Å². The van der Waals surface area contributed by atoms with Gasteiger partial charge in [0.25, 0.3) is 0 Å². The van der Waals surface area contributed by atoms with Crippen LogP contribution in [0.2, 0.25) is 5.02 Å². The third kappa shape index (κ3) is 7.76. The highest BCUT2D eigenvalue weighted by Crippen LogP contribution is 2.34. The number of likely N-dealkylation sites (tertiary alicyclic amines) is 1. The molecule has 0 atom stereocenters. The molecule has 0 radical (unpaired) electrons. The molecule has 2 aromatic rings. The minimum Gasteiger partial charge on any atom is -0.474 e. The average Bonchev–Trinajstić information content (AvgIpc) is 2.84. The van der Waals surface area contributed by atoms with Crippen LogP contribution in [0.1, 0.15) is 44.7 Å². The highest BCUT2D eigenvalue weighted by Gasteiger charge is 2.28. The van der Waals surface area contributed by atoms with Crippen LogP contribution in [0, 0.1) is 12.8 Å². The molecular weight excluding hydrogens is 522 g/mol. The zero-order valence-electron chi connectivity index (χ0n) is 21.4. The van der Waals surface area contributed by atoms with Crippen molar-refractivity contribution < 1.29 is 31.6 Å². The molecule has 2 aliphatic heterocycles. The van der Waals surface area contributed by atoms with Crippen LogP contribution in [-0.2, 0) is 30.9 Å². The van der Waals surface area contributed by atoms with Gasteiger partial charge in [-0.3, -0.25) is 8.37 Å². The SMILES string of the molecule is Cc1c(Oc2ccc(C[C@H]3CO[S@](=O)OC3)cc2Cl)ncnc1OC1CCN(C(=O)OC(C)(C)C)CC1. The van der Waals surface area contributed by atoms with Gasteiger partial charge in [-0.05, 0) is 51.8 Å². The van der Waals surface area contributed by atoms with E-state index in [1.54, 1.807) is 11.0 Å². The molecule has 2 saturated heterocycles. The van der Waals surface area contributed by atoms with Crippen LogP contribution in [-0.4, -0.2) is 63.2 Å². The van der Waals surface area contributed by atoms with Crippen molar-refractivity contribution in [3.05, 3.63) is 40.7 Å². The lowest BCUT2D eigenvalue weighted by molar-refractivity contribution is 0.0122. The second-order valence-corrected chi connectivity index (χ2v) is 11.4. The summed E-state index contributed by atoms with van der Waals surface area (Å²) in [6.07, 6.45) is 3.00. The van der Waals surface area contributed by atoms with E-state index in [-0.39, 0.29) is 18.1 Å². The lowest BCUT2D eigenvalue weighted by Gasteiger charge is -2.33. The minimum absolute atomic E-state index is 0.0896. The molecule has 0 bridgehead atoms. The van der Waals surface area contributed by atoms with E-state index < -0.39 is 17.0 Å². The zero-order chi connectivity index (χ0) is 26.6. The second kappa shape index (κ2) is 11.9. The zero-order valence-corrected chi connectivity index (χ0v) is 23.0. The summed E-state index contributed by atoms with van der Waals surface area (Å²) in [4.78, 5) is 22.6. The van der Waals surface area contributed by atoms with Crippen molar-refractivity contribution in [1.82, 2.24) is 14.9 Å². The van der Waals surface area contributed by atoms with Crippen LogP contribution in [0.25, 0.3) is 0 Å². The maximum atomic E-state index is 12.3. The van der Waals surface area contributed by atoms with Crippen LogP contribution >= 0.6 is 11.6 Å². The first-order valence-electron chi connectivity index (χ1n) is 12.2. The normalized spacial score (nSPS) is 20.9. The van der Waals surface area contributed by atoms with Crippen molar-refractivity contribution >= 4 is 29.1 Å². The summed E-state index contributed by atoms with van der Waals surface area (Å²) >= 11 is 4.84. The fourth-order valence-corrected chi connectivity index (χ4v) is 4.89. The lowest BCUT2D eigenvalue weighted by Crippen LogP contribution is -2.44. The quantitative estimate of drug-likeness (QED) is 0.498. The summed E-state index contributed by atoms with van der Waals surface area (Å²) in [5, 5.41) is 0.439. The van der Waals surface area contributed by atoms with Gasteiger partial charge < -0.3 is 19.1 Å². The van der Waals surface area contributed by atoms with Crippen LogP contribution in [0.5, 0.6) is 17.5 Å². The molecule has 1 aromatic carbocycles. The Balaban J connectivity index is 1.34. The Kier molecular flexibility index (Phi) is 8.89. The van der Waals surface area contributed by atoms with Gasteiger partial charge in [-0.2, -0.15) is 4.21 Å². The third-order valence-electron chi connectivity index (χ3n) is 5.89. The topological polar surface area (TPSA) is 109 Å². The predicted molar refractivity (Wildman–Crippen MR) is 137 cm³/mol. The molecule has 1 amide bonds. The largest absolute Gasteiger partial charge is 0.474 e. The maximum Gasteiger partial charge on any atom is 0.410 e. The number of rotatable bonds is 6. The molecule has 4 rings (SSSR count). The van der Waals surface area contributed by atoms with Gasteiger partial charge in [-0.15, -0.1) is 0 Å². The lowest BCUT2D eigenvalue weighted by atomic mass is 10.0. The summed E-state index contributed by atoms with van der Waals surface area (Å²) in [6, 6.07) is 5.53.